The molecule has 0 aromatic heterocycles. The van der Waals surface area contributed by atoms with Crippen molar-refractivity contribution in [2.24, 2.45) is 0 Å². The summed E-state index contributed by atoms with van der Waals surface area (Å²) in [4.78, 5) is 4.82. The van der Waals surface area contributed by atoms with Crippen molar-refractivity contribution in [1.82, 2.24) is 4.90 Å². The fourth-order valence-corrected chi connectivity index (χ4v) is 2.02. The third-order valence-electron chi connectivity index (χ3n) is 3.23. The smallest absolute Gasteiger partial charge is 0.0367 e. The van der Waals surface area contributed by atoms with Crippen LogP contribution in [0.4, 0.5) is 5.69 Å². The van der Waals surface area contributed by atoms with Crippen molar-refractivity contribution in [3.8, 4) is 0 Å². The van der Waals surface area contributed by atoms with Gasteiger partial charge in [-0.15, -0.1) is 0 Å². The molecule has 18 heavy (non-hydrogen) atoms. The third-order valence-corrected chi connectivity index (χ3v) is 3.23. The highest BCUT2D eigenvalue weighted by atomic mass is 15.2. The van der Waals surface area contributed by atoms with Gasteiger partial charge in [0.05, 0.1) is 0 Å². The van der Waals surface area contributed by atoms with Crippen molar-refractivity contribution < 1.29 is 0 Å². The van der Waals surface area contributed by atoms with E-state index in [1.807, 2.05) is 20.8 Å². The van der Waals surface area contributed by atoms with Gasteiger partial charge in [0.15, 0.2) is 0 Å². The highest BCUT2D eigenvalue weighted by Crippen LogP contribution is 2.19. The van der Waals surface area contributed by atoms with Gasteiger partial charge in [0.2, 0.25) is 0 Å². The second-order valence-electron chi connectivity index (χ2n) is 4.62. The predicted molar refractivity (Wildman–Crippen MR) is 82.2 cm³/mol. The molecule has 1 saturated heterocycles. The fourth-order valence-electron chi connectivity index (χ4n) is 2.02. The van der Waals surface area contributed by atoms with Crippen LogP contribution in [0, 0.1) is 0 Å². The lowest BCUT2D eigenvalue weighted by Gasteiger charge is -2.34. The monoisotopic (exact) mass is 246 g/mol. The first-order valence-corrected chi connectivity index (χ1v) is 6.86. The maximum Gasteiger partial charge on any atom is 0.0367 e. The summed E-state index contributed by atoms with van der Waals surface area (Å²) in [5.74, 6) is 0. The first-order chi connectivity index (χ1) is 8.66. The van der Waals surface area contributed by atoms with Gasteiger partial charge in [-0.25, -0.2) is 0 Å². The molecule has 1 heterocycles. The Hall–Kier alpha value is -1.28. The zero-order chi connectivity index (χ0) is 13.5. The molecule has 2 rings (SSSR count). The quantitative estimate of drug-likeness (QED) is 0.788. The molecular weight excluding hydrogens is 220 g/mol. The van der Waals surface area contributed by atoms with Crippen LogP contribution < -0.4 is 4.90 Å². The van der Waals surface area contributed by atoms with Gasteiger partial charge in [-0.2, -0.15) is 0 Å². The summed E-state index contributed by atoms with van der Waals surface area (Å²) in [5, 5.41) is 0. The zero-order valence-corrected chi connectivity index (χ0v) is 12.2. The predicted octanol–water partition coefficient (Wildman–Crippen LogP) is 3.50. The largest absolute Gasteiger partial charge is 0.369 e. The number of anilines is 1. The molecule has 0 unspecified atom stereocenters. The molecule has 1 aromatic rings. The van der Waals surface area contributed by atoms with Crippen molar-refractivity contribution in [1.29, 1.82) is 0 Å². The summed E-state index contributed by atoms with van der Waals surface area (Å²) in [6, 6.07) is 8.73. The molecule has 0 atom stereocenters. The van der Waals surface area contributed by atoms with E-state index in [1.165, 1.54) is 11.3 Å². The molecule has 0 aliphatic carbocycles. The first kappa shape index (κ1) is 14.8. The van der Waals surface area contributed by atoms with Gasteiger partial charge in [0.25, 0.3) is 0 Å². The summed E-state index contributed by atoms with van der Waals surface area (Å²) < 4.78 is 0. The number of piperazine rings is 1. The summed E-state index contributed by atoms with van der Waals surface area (Å²) in [6.45, 7) is 14.6. The minimum atomic E-state index is 1.13. The van der Waals surface area contributed by atoms with Crippen molar-refractivity contribution in [3.63, 3.8) is 0 Å². The Morgan fingerprint density at radius 1 is 1.00 bits per heavy atom. The summed E-state index contributed by atoms with van der Waals surface area (Å²) >= 11 is 0. The average Bonchev–Trinajstić information content (AvgIpc) is 2.42. The Labute approximate surface area is 112 Å². The van der Waals surface area contributed by atoms with Gasteiger partial charge in [-0.3, -0.25) is 0 Å². The molecule has 0 radical (unpaired) electrons. The summed E-state index contributed by atoms with van der Waals surface area (Å²) in [6.07, 6.45) is 0. The number of likely N-dealkylation sites (N-methyl/N-ethyl adjacent to an activating group) is 1. The van der Waals surface area contributed by atoms with Gasteiger partial charge in [-0.05, 0) is 31.7 Å². The molecule has 1 aliphatic heterocycles. The van der Waals surface area contributed by atoms with Gasteiger partial charge >= 0.3 is 0 Å². The lowest BCUT2D eigenvalue weighted by atomic mass is 10.1. The molecule has 0 N–H and O–H groups in total. The number of benzene rings is 1. The van der Waals surface area contributed by atoms with Gasteiger partial charge < -0.3 is 9.80 Å². The number of hydrogen-bond acceptors (Lipinski definition) is 2. The molecule has 0 saturated carbocycles. The molecule has 1 aromatic carbocycles. The van der Waals surface area contributed by atoms with Crippen LogP contribution in [0.5, 0.6) is 0 Å². The van der Waals surface area contributed by atoms with Crippen molar-refractivity contribution >= 4 is 11.3 Å². The van der Waals surface area contributed by atoms with Crippen LogP contribution in [0.2, 0.25) is 0 Å². The minimum absolute atomic E-state index is 1.13. The van der Waals surface area contributed by atoms with E-state index in [0.29, 0.717) is 0 Å². The lowest BCUT2D eigenvalue weighted by molar-refractivity contribution is 0.313. The summed E-state index contributed by atoms with van der Waals surface area (Å²) in [5.41, 5.74) is 3.70. The van der Waals surface area contributed by atoms with E-state index in [2.05, 4.69) is 47.7 Å². The van der Waals surface area contributed by atoms with Crippen molar-refractivity contribution in [3.05, 3.63) is 36.4 Å². The standard InChI is InChI=1S/C14H20N2.C2H6/c1-12(2)13-4-6-14(7-5-13)16-10-8-15(3)9-11-16;1-2/h4-7H,1,8-11H2,2-3H3;1-2H3. The topological polar surface area (TPSA) is 6.48 Å². The van der Waals surface area contributed by atoms with E-state index in [1.54, 1.807) is 0 Å². The van der Waals surface area contributed by atoms with Gasteiger partial charge in [0.1, 0.15) is 0 Å². The van der Waals surface area contributed by atoms with Crippen LogP contribution in [0.3, 0.4) is 0 Å². The third kappa shape index (κ3) is 3.88. The van der Waals surface area contributed by atoms with E-state index in [-0.39, 0.29) is 0 Å². The Bertz CT molecular complexity index is 359. The maximum atomic E-state index is 3.96. The van der Waals surface area contributed by atoms with E-state index < -0.39 is 0 Å². The van der Waals surface area contributed by atoms with Crippen molar-refractivity contribution in [2.75, 3.05) is 38.1 Å². The van der Waals surface area contributed by atoms with Crippen LogP contribution in [0.15, 0.2) is 30.8 Å². The minimum Gasteiger partial charge on any atom is -0.369 e. The van der Waals surface area contributed by atoms with E-state index in [9.17, 15) is 0 Å². The Morgan fingerprint density at radius 3 is 1.94 bits per heavy atom. The molecule has 2 heteroatoms. The summed E-state index contributed by atoms with van der Waals surface area (Å²) in [7, 11) is 2.18. The highest BCUT2D eigenvalue weighted by molar-refractivity contribution is 5.64. The van der Waals surface area contributed by atoms with Crippen LogP contribution in [0.25, 0.3) is 5.57 Å². The lowest BCUT2D eigenvalue weighted by Crippen LogP contribution is -2.44. The molecule has 100 valence electrons. The molecule has 2 nitrogen and oxygen atoms in total. The zero-order valence-electron chi connectivity index (χ0n) is 12.2. The fraction of sp³-hybridized carbons (Fsp3) is 0.500. The van der Waals surface area contributed by atoms with E-state index in [4.69, 9.17) is 0 Å². The Morgan fingerprint density at radius 2 is 1.50 bits per heavy atom. The maximum absolute atomic E-state index is 3.96. The van der Waals surface area contributed by atoms with Crippen LogP contribution in [-0.2, 0) is 0 Å². The SMILES string of the molecule is C=C(C)c1ccc(N2CCN(C)CC2)cc1.CC. The Balaban J connectivity index is 0.000000771. The molecule has 0 amide bonds. The molecule has 1 aliphatic rings. The molecule has 1 fully saturated rings. The van der Waals surface area contributed by atoms with Crippen molar-refractivity contribution in [2.45, 2.75) is 20.8 Å². The van der Waals surface area contributed by atoms with Crippen LogP contribution in [-0.4, -0.2) is 38.1 Å². The number of rotatable bonds is 2. The first-order valence-electron chi connectivity index (χ1n) is 6.86. The normalized spacial score (nSPS) is 15.9. The second kappa shape index (κ2) is 7.22. The highest BCUT2D eigenvalue weighted by Gasteiger charge is 2.13. The molecule has 0 bridgehead atoms. The second-order valence-corrected chi connectivity index (χ2v) is 4.62. The van der Waals surface area contributed by atoms with E-state index >= 15 is 0 Å². The van der Waals surface area contributed by atoms with Gasteiger partial charge in [0, 0.05) is 31.9 Å². The number of hydrogen-bond donors (Lipinski definition) is 0. The molecular formula is C16H26N2. The number of nitrogens with zero attached hydrogens (tertiary/aromatic N) is 2. The van der Waals surface area contributed by atoms with E-state index in [0.717, 1.165) is 31.8 Å². The molecule has 0 spiro atoms. The number of allylic oxidation sites excluding steroid dienone is 1. The average molecular weight is 246 g/mol. The Kier molecular flexibility index (Phi) is 5.93. The van der Waals surface area contributed by atoms with Crippen LogP contribution >= 0.6 is 0 Å². The van der Waals surface area contributed by atoms with Gasteiger partial charge in [-0.1, -0.05) is 38.1 Å². The van der Waals surface area contributed by atoms with Crippen LogP contribution in [0.1, 0.15) is 26.3 Å².